The van der Waals surface area contributed by atoms with Crippen molar-refractivity contribution in [3.8, 4) is 0 Å². The summed E-state index contributed by atoms with van der Waals surface area (Å²) in [4.78, 5) is 12.4. The van der Waals surface area contributed by atoms with Gasteiger partial charge in [-0.1, -0.05) is 117 Å². The number of carbonyl (C=O) groups excluding carboxylic acids is 1. The predicted molar refractivity (Wildman–Crippen MR) is 222 cm³/mol. The fourth-order valence-electron chi connectivity index (χ4n) is 4.46. The van der Waals surface area contributed by atoms with Gasteiger partial charge in [0.05, 0.1) is 6.10 Å². The van der Waals surface area contributed by atoms with Gasteiger partial charge < -0.3 is 18.7 Å². The lowest BCUT2D eigenvalue weighted by atomic mass is 9.86. The number of rotatable bonds is 16. The summed E-state index contributed by atoms with van der Waals surface area (Å²) in [5.74, 6) is 1.32. The molecule has 0 radical (unpaired) electrons. The standard InChI is InChI=1S/C18H36O3Si.C18H34O2Si.C7H8/c1-9-11-15(19)12-10-13-16(20)18(5,6)14-21-22(7,8)17(2,3)4;1-9-11-15-12-10-13-16(20-15)18(5,6)14-19-21(7,8)17(2,3)4;1-7-5-3-2-4-6-7/h9,15,19H,1,10-14H2,2-8H3;9,13,15H,1,10-12,14H2,2-8H3;2-6H,1H3/t15-;;/m1../s1. The first-order valence-electron chi connectivity index (χ1n) is 18.8. The Balaban J connectivity index is 0.000000802. The molecule has 0 aromatic heterocycles. The lowest BCUT2D eigenvalue weighted by Gasteiger charge is -2.40. The molecule has 288 valence electrons. The number of ether oxygens (including phenoxy) is 1. The molecule has 1 aliphatic rings. The van der Waals surface area contributed by atoms with Gasteiger partial charge in [-0.2, -0.15) is 0 Å². The molecule has 1 N–H and O–H groups in total. The average Bonchev–Trinajstić information content (AvgIpc) is 3.00. The van der Waals surface area contributed by atoms with E-state index in [4.69, 9.17) is 13.6 Å². The summed E-state index contributed by atoms with van der Waals surface area (Å²) in [6.07, 6.45) is 11.4. The molecule has 2 rings (SSSR count). The van der Waals surface area contributed by atoms with Gasteiger partial charge in [0, 0.05) is 36.9 Å². The topological polar surface area (TPSA) is 65.0 Å². The first-order chi connectivity index (χ1) is 22.7. The van der Waals surface area contributed by atoms with Crippen molar-refractivity contribution in [2.75, 3.05) is 13.2 Å². The molecule has 1 heterocycles. The summed E-state index contributed by atoms with van der Waals surface area (Å²) in [7, 11) is -3.53. The van der Waals surface area contributed by atoms with Crippen LogP contribution in [0.15, 0.2) is 67.5 Å². The Bertz CT molecular complexity index is 1170. The third-order valence-electron chi connectivity index (χ3n) is 10.5. The summed E-state index contributed by atoms with van der Waals surface area (Å²) < 4.78 is 18.8. The summed E-state index contributed by atoms with van der Waals surface area (Å²) in [6, 6.07) is 10.3. The fourth-order valence-corrected chi connectivity index (χ4v) is 6.77. The van der Waals surface area contributed by atoms with Crippen molar-refractivity contribution in [1.29, 1.82) is 0 Å². The molecule has 5 nitrogen and oxygen atoms in total. The number of aliphatic hydroxyl groups excluding tert-OH is 1. The van der Waals surface area contributed by atoms with Crippen molar-refractivity contribution in [1.82, 2.24) is 0 Å². The molecule has 50 heavy (non-hydrogen) atoms. The van der Waals surface area contributed by atoms with Crippen LogP contribution in [0.5, 0.6) is 0 Å². The summed E-state index contributed by atoms with van der Waals surface area (Å²) in [6.45, 7) is 41.6. The van der Waals surface area contributed by atoms with Crippen LogP contribution in [0, 0.1) is 17.8 Å². The zero-order valence-corrected chi connectivity index (χ0v) is 37.1. The van der Waals surface area contributed by atoms with E-state index in [1.165, 1.54) is 5.56 Å². The van der Waals surface area contributed by atoms with Gasteiger partial charge in [0.15, 0.2) is 16.6 Å². The van der Waals surface area contributed by atoms with Crippen molar-refractivity contribution in [3.05, 3.63) is 73.0 Å². The van der Waals surface area contributed by atoms with Gasteiger partial charge in [0.1, 0.15) is 17.6 Å². The van der Waals surface area contributed by atoms with Crippen LogP contribution in [0.4, 0.5) is 0 Å². The highest BCUT2D eigenvalue weighted by molar-refractivity contribution is 6.74. The highest BCUT2D eigenvalue weighted by Gasteiger charge is 2.41. The van der Waals surface area contributed by atoms with Crippen LogP contribution in [0.1, 0.15) is 120 Å². The van der Waals surface area contributed by atoms with Gasteiger partial charge in [-0.05, 0) is 81.4 Å². The number of hydrogen-bond donors (Lipinski definition) is 1. The molecule has 7 heteroatoms. The molecule has 0 amide bonds. The van der Waals surface area contributed by atoms with Gasteiger partial charge >= 0.3 is 0 Å². The summed E-state index contributed by atoms with van der Waals surface area (Å²) in [5.41, 5.74) is 0.802. The molecule has 0 saturated heterocycles. The number of ketones is 1. The summed E-state index contributed by atoms with van der Waals surface area (Å²) in [5, 5.41) is 10.1. The Kier molecular flexibility index (Phi) is 20.3. The Morgan fingerprint density at radius 1 is 0.900 bits per heavy atom. The van der Waals surface area contributed by atoms with Crippen LogP contribution >= 0.6 is 0 Å². The number of aliphatic hydroxyl groups is 1. The fraction of sp³-hybridized carbons (Fsp3) is 0.698. The highest BCUT2D eigenvalue weighted by Crippen LogP contribution is 2.40. The molecule has 0 bridgehead atoms. The van der Waals surface area contributed by atoms with Crippen LogP contribution in [0.2, 0.25) is 36.3 Å². The normalized spacial score (nSPS) is 16.4. The molecule has 0 spiro atoms. The minimum atomic E-state index is -1.82. The van der Waals surface area contributed by atoms with Crippen LogP contribution in [-0.4, -0.2) is 52.9 Å². The van der Waals surface area contributed by atoms with Gasteiger partial charge in [-0.15, -0.1) is 13.2 Å². The van der Waals surface area contributed by atoms with Crippen molar-refractivity contribution < 1.29 is 23.5 Å². The van der Waals surface area contributed by atoms with E-state index in [1.54, 1.807) is 6.08 Å². The molecule has 0 aliphatic carbocycles. The van der Waals surface area contributed by atoms with Crippen molar-refractivity contribution in [2.45, 2.75) is 170 Å². The Labute approximate surface area is 311 Å². The van der Waals surface area contributed by atoms with Crippen LogP contribution in [0.3, 0.4) is 0 Å². The number of Topliss-reactive ketones (excluding diaryl/α,β-unsaturated/α-hetero) is 1. The lowest BCUT2D eigenvalue weighted by molar-refractivity contribution is -0.128. The number of allylic oxidation sites excluding steroid dienone is 1. The third-order valence-corrected chi connectivity index (χ3v) is 19.4. The zero-order valence-electron chi connectivity index (χ0n) is 35.1. The summed E-state index contributed by atoms with van der Waals surface area (Å²) >= 11 is 0. The van der Waals surface area contributed by atoms with E-state index < -0.39 is 22.0 Å². The smallest absolute Gasteiger partial charge is 0.192 e. The van der Waals surface area contributed by atoms with Crippen LogP contribution in [-0.2, 0) is 18.4 Å². The molecule has 0 saturated carbocycles. The number of hydrogen-bond acceptors (Lipinski definition) is 5. The van der Waals surface area contributed by atoms with Crippen molar-refractivity contribution in [3.63, 3.8) is 0 Å². The molecular weight excluding hydrogens is 653 g/mol. The molecule has 1 aromatic rings. The van der Waals surface area contributed by atoms with E-state index in [0.717, 1.165) is 38.0 Å². The minimum Gasteiger partial charge on any atom is -0.494 e. The monoisotopic (exact) mass is 731 g/mol. The van der Waals surface area contributed by atoms with E-state index in [9.17, 15) is 9.90 Å². The third kappa shape index (κ3) is 18.1. The van der Waals surface area contributed by atoms with Gasteiger partial charge in [-0.25, -0.2) is 0 Å². The molecule has 1 aliphatic heterocycles. The molecule has 1 aromatic carbocycles. The van der Waals surface area contributed by atoms with E-state index >= 15 is 0 Å². The van der Waals surface area contributed by atoms with Crippen LogP contribution in [0.25, 0.3) is 0 Å². The highest BCUT2D eigenvalue weighted by atomic mass is 28.4. The number of benzene rings is 1. The van der Waals surface area contributed by atoms with Crippen LogP contribution < -0.4 is 0 Å². The molecule has 1 unspecified atom stereocenters. The second kappa shape index (κ2) is 21.1. The van der Waals surface area contributed by atoms with E-state index in [-0.39, 0.29) is 33.5 Å². The maximum absolute atomic E-state index is 12.4. The number of carbonyl (C=O) groups is 1. The minimum absolute atomic E-state index is 0.0602. The quantitative estimate of drug-likeness (QED) is 0.135. The Hall–Kier alpha value is -1.78. The molecular formula is C43H78O5Si2. The zero-order chi connectivity index (χ0) is 39.0. The molecule has 0 fully saturated rings. The Morgan fingerprint density at radius 3 is 1.86 bits per heavy atom. The van der Waals surface area contributed by atoms with Crippen molar-refractivity contribution in [2.24, 2.45) is 10.8 Å². The first kappa shape index (κ1) is 48.2. The largest absolute Gasteiger partial charge is 0.494 e. The second-order valence-electron chi connectivity index (χ2n) is 18.4. The van der Waals surface area contributed by atoms with E-state index in [0.29, 0.717) is 25.9 Å². The van der Waals surface area contributed by atoms with Crippen molar-refractivity contribution >= 4 is 22.4 Å². The first-order valence-corrected chi connectivity index (χ1v) is 24.6. The maximum atomic E-state index is 12.4. The van der Waals surface area contributed by atoms with E-state index in [1.807, 2.05) is 38.1 Å². The molecule has 2 atom stereocenters. The SMILES string of the molecule is C=CCC1CCC=C(C(C)(C)CO[Si](C)(C)C(C)(C)C)O1.C=CC[C@@H](O)CCCC(=O)C(C)(C)CO[Si](C)(C)C(C)(C)C.Cc1ccccc1. The van der Waals surface area contributed by atoms with Gasteiger partial charge in [0.2, 0.25) is 0 Å². The predicted octanol–water partition coefficient (Wildman–Crippen LogP) is 12.4. The van der Waals surface area contributed by atoms with E-state index in [2.05, 4.69) is 120 Å². The number of aryl methyl sites for hydroxylation is 1. The van der Waals surface area contributed by atoms with Gasteiger partial charge in [0.25, 0.3) is 0 Å². The average molecular weight is 731 g/mol. The second-order valence-corrected chi connectivity index (χ2v) is 28.0. The van der Waals surface area contributed by atoms with Gasteiger partial charge in [-0.3, -0.25) is 4.79 Å². The lowest BCUT2D eigenvalue weighted by Crippen LogP contribution is -2.44. The maximum Gasteiger partial charge on any atom is 0.192 e. The Morgan fingerprint density at radius 2 is 1.42 bits per heavy atom.